The van der Waals surface area contributed by atoms with Gasteiger partial charge in [-0.25, -0.2) is 0 Å². The molecule has 0 unspecified atom stereocenters. The number of rotatable bonds is 7. The van der Waals surface area contributed by atoms with Gasteiger partial charge in [-0.1, -0.05) is 36.4 Å². The number of carbonyl (C=O) groups is 1. The zero-order chi connectivity index (χ0) is 22.5. The molecule has 0 atom stereocenters. The molecule has 7 heteroatoms. The fraction of sp³-hybridized carbons (Fsp3) is 0.160. The van der Waals surface area contributed by atoms with Crippen LogP contribution in [0.25, 0.3) is 10.9 Å². The van der Waals surface area contributed by atoms with E-state index in [0.29, 0.717) is 30.5 Å². The van der Waals surface area contributed by atoms with Crippen LogP contribution in [0.3, 0.4) is 0 Å². The molecular weight excluding hydrogens is 406 g/mol. The Morgan fingerprint density at radius 3 is 2.47 bits per heavy atom. The molecule has 2 N–H and O–H groups in total. The molecule has 0 spiro atoms. The minimum absolute atomic E-state index is 0.0515. The number of hydrogen-bond donors (Lipinski definition) is 2. The minimum atomic E-state index is -0.562. The number of ether oxygens (including phenoxy) is 1. The first-order valence-electron chi connectivity index (χ1n) is 10.3. The number of aromatic hydroxyl groups is 2. The van der Waals surface area contributed by atoms with Gasteiger partial charge in [-0.2, -0.15) is 0 Å². The highest BCUT2D eigenvalue weighted by Gasteiger charge is 2.17. The summed E-state index contributed by atoms with van der Waals surface area (Å²) in [6.07, 6.45) is 0.670. The third kappa shape index (κ3) is 4.46. The van der Waals surface area contributed by atoms with Crippen molar-refractivity contribution in [1.29, 1.82) is 0 Å². The molecule has 0 fully saturated rings. The van der Waals surface area contributed by atoms with Gasteiger partial charge in [0.05, 0.1) is 12.1 Å². The third-order valence-corrected chi connectivity index (χ3v) is 5.15. The van der Waals surface area contributed by atoms with Crippen LogP contribution in [0.4, 0.5) is 5.69 Å². The van der Waals surface area contributed by atoms with Gasteiger partial charge in [0.1, 0.15) is 11.5 Å². The molecule has 7 nitrogen and oxygen atoms in total. The number of aromatic nitrogens is 1. The van der Waals surface area contributed by atoms with Gasteiger partial charge in [0, 0.05) is 17.5 Å². The van der Waals surface area contributed by atoms with E-state index in [2.05, 4.69) is 10.2 Å². The van der Waals surface area contributed by atoms with Crippen LogP contribution in [-0.4, -0.2) is 27.3 Å². The molecule has 1 amide bonds. The molecule has 0 saturated heterocycles. The number of benzene rings is 3. The van der Waals surface area contributed by atoms with Crippen LogP contribution >= 0.6 is 0 Å². The number of fused-ring (bicyclic) bond motifs is 1. The first-order valence-corrected chi connectivity index (χ1v) is 10.3. The molecule has 4 rings (SSSR count). The van der Waals surface area contributed by atoms with Gasteiger partial charge in [-0.3, -0.25) is 4.79 Å². The molecule has 0 bridgehead atoms. The Kier molecular flexibility index (Phi) is 6.17. The van der Waals surface area contributed by atoms with Crippen molar-refractivity contribution < 1.29 is 19.7 Å². The first-order chi connectivity index (χ1) is 15.5. The fourth-order valence-electron chi connectivity index (χ4n) is 3.48. The molecule has 162 valence electrons. The van der Waals surface area contributed by atoms with E-state index in [-0.39, 0.29) is 17.3 Å². The average molecular weight is 429 g/mol. The monoisotopic (exact) mass is 429 g/mol. The van der Waals surface area contributed by atoms with Gasteiger partial charge in [0.15, 0.2) is 5.69 Å². The number of aryl methyl sites for hydroxylation is 2. The molecule has 4 aromatic rings. The largest absolute Gasteiger partial charge is 0.508 e. The summed E-state index contributed by atoms with van der Waals surface area (Å²) in [7, 11) is 0. The lowest BCUT2D eigenvalue weighted by atomic mass is 10.2. The molecule has 0 radical (unpaired) electrons. The zero-order valence-corrected chi connectivity index (χ0v) is 17.6. The number of hydrogen-bond acceptors (Lipinski definition) is 5. The minimum Gasteiger partial charge on any atom is -0.508 e. The van der Waals surface area contributed by atoms with E-state index in [9.17, 15) is 15.0 Å². The standard InChI is InChI=1S/C25H23N3O4/c1-17-7-2-5-10-22(17)32-16-6-15-28-21-9-4-3-8-20(21)23(25(28)31)26-27-24(30)18-11-13-19(29)14-12-18/h2-5,7-14,29,31H,6,15-16H2,1H3. The van der Waals surface area contributed by atoms with E-state index in [1.54, 1.807) is 4.57 Å². The molecule has 1 aromatic heterocycles. The average Bonchev–Trinajstić information content (AvgIpc) is 3.07. The summed E-state index contributed by atoms with van der Waals surface area (Å²) in [6.45, 7) is 3.00. The number of phenols is 1. The second-order valence-electron chi connectivity index (χ2n) is 7.36. The highest BCUT2D eigenvalue weighted by Crippen LogP contribution is 2.39. The molecular formula is C25H23N3O4. The van der Waals surface area contributed by atoms with Crippen LogP contribution < -0.4 is 4.74 Å². The number of azo groups is 1. The quantitative estimate of drug-likeness (QED) is 0.289. The second kappa shape index (κ2) is 9.34. The number of amides is 1. The Morgan fingerprint density at radius 1 is 0.969 bits per heavy atom. The predicted octanol–water partition coefficient (Wildman–Crippen LogP) is 5.75. The molecule has 0 aliphatic carbocycles. The lowest BCUT2D eigenvalue weighted by Crippen LogP contribution is -2.04. The Labute approximate surface area is 185 Å². The summed E-state index contributed by atoms with van der Waals surface area (Å²) >= 11 is 0. The Morgan fingerprint density at radius 2 is 1.69 bits per heavy atom. The molecule has 0 aliphatic rings. The van der Waals surface area contributed by atoms with Crippen molar-refractivity contribution in [3.8, 4) is 17.4 Å². The van der Waals surface area contributed by atoms with E-state index in [1.807, 2.05) is 55.5 Å². The summed E-state index contributed by atoms with van der Waals surface area (Å²) in [5, 5.41) is 28.7. The van der Waals surface area contributed by atoms with Gasteiger partial charge >= 0.3 is 0 Å². The maximum absolute atomic E-state index is 12.3. The van der Waals surface area contributed by atoms with E-state index >= 15 is 0 Å². The highest BCUT2D eigenvalue weighted by atomic mass is 16.5. The van der Waals surface area contributed by atoms with Crippen molar-refractivity contribution >= 4 is 22.5 Å². The van der Waals surface area contributed by atoms with Gasteiger partial charge < -0.3 is 19.5 Å². The molecule has 3 aromatic carbocycles. The summed E-state index contributed by atoms with van der Waals surface area (Å²) < 4.78 is 7.60. The predicted molar refractivity (Wildman–Crippen MR) is 122 cm³/mol. The van der Waals surface area contributed by atoms with E-state index in [0.717, 1.165) is 16.8 Å². The number of carbonyl (C=O) groups excluding carboxylic acids is 1. The number of phenolic OH excluding ortho intramolecular Hbond substituents is 1. The van der Waals surface area contributed by atoms with Gasteiger partial charge in [0.2, 0.25) is 5.88 Å². The maximum Gasteiger partial charge on any atom is 0.295 e. The summed E-state index contributed by atoms with van der Waals surface area (Å²) in [4.78, 5) is 12.3. The second-order valence-corrected chi connectivity index (χ2v) is 7.36. The highest BCUT2D eigenvalue weighted by molar-refractivity contribution is 5.97. The smallest absolute Gasteiger partial charge is 0.295 e. The molecule has 0 saturated carbocycles. The van der Waals surface area contributed by atoms with Crippen molar-refractivity contribution in [2.45, 2.75) is 19.9 Å². The van der Waals surface area contributed by atoms with Gasteiger partial charge in [-0.05, 0) is 55.3 Å². The normalized spacial score (nSPS) is 11.3. The van der Waals surface area contributed by atoms with Crippen LogP contribution in [-0.2, 0) is 6.54 Å². The van der Waals surface area contributed by atoms with Crippen molar-refractivity contribution in [2.24, 2.45) is 10.2 Å². The summed E-state index contributed by atoms with van der Waals surface area (Å²) in [6, 6.07) is 21.0. The van der Waals surface area contributed by atoms with Crippen molar-refractivity contribution in [2.75, 3.05) is 6.61 Å². The number of para-hydroxylation sites is 2. The fourth-order valence-corrected chi connectivity index (χ4v) is 3.48. The zero-order valence-electron chi connectivity index (χ0n) is 17.6. The summed E-state index contributed by atoms with van der Waals surface area (Å²) in [5.74, 6) is 0.291. The lowest BCUT2D eigenvalue weighted by Gasteiger charge is -2.10. The van der Waals surface area contributed by atoms with Crippen molar-refractivity contribution in [3.05, 3.63) is 83.9 Å². The third-order valence-electron chi connectivity index (χ3n) is 5.15. The molecule has 1 heterocycles. The van der Waals surface area contributed by atoms with Crippen LogP contribution in [0.15, 0.2) is 83.0 Å². The SMILES string of the molecule is Cc1ccccc1OCCCn1c(O)c(N=NC(=O)c2ccc(O)cc2)c2ccccc21. The molecule has 0 aliphatic heterocycles. The topological polar surface area (TPSA) is 96.4 Å². The Bertz CT molecular complexity index is 1280. The van der Waals surface area contributed by atoms with E-state index in [4.69, 9.17) is 4.74 Å². The Balaban J connectivity index is 1.51. The maximum atomic E-state index is 12.3. The van der Waals surface area contributed by atoms with Gasteiger partial charge in [0.25, 0.3) is 5.91 Å². The van der Waals surface area contributed by atoms with Crippen LogP contribution in [0.5, 0.6) is 17.4 Å². The van der Waals surface area contributed by atoms with Crippen LogP contribution in [0.1, 0.15) is 22.3 Å². The number of nitrogens with zero attached hydrogens (tertiary/aromatic N) is 3. The van der Waals surface area contributed by atoms with Crippen molar-refractivity contribution in [1.82, 2.24) is 4.57 Å². The van der Waals surface area contributed by atoms with Gasteiger partial charge in [-0.15, -0.1) is 10.2 Å². The van der Waals surface area contributed by atoms with Crippen LogP contribution in [0.2, 0.25) is 0 Å². The van der Waals surface area contributed by atoms with E-state index < -0.39 is 5.91 Å². The Hall–Kier alpha value is -4.13. The molecule has 32 heavy (non-hydrogen) atoms. The summed E-state index contributed by atoms with van der Waals surface area (Å²) in [5.41, 5.74) is 2.41. The first kappa shape index (κ1) is 21.1. The van der Waals surface area contributed by atoms with Crippen molar-refractivity contribution in [3.63, 3.8) is 0 Å². The lowest BCUT2D eigenvalue weighted by molar-refractivity contribution is 0.0995. The van der Waals surface area contributed by atoms with Crippen LogP contribution in [0, 0.1) is 6.92 Å². The van der Waals surface area contributed by atoms with E-state index in [1.165, 1.54) is 24.3 Å².